The molecule has 4 heteroatoms. The third-order valence-electron chi connectivity index (χ3n) is 4.70. The van der Waals surface area contributed by atoms with Crippen LogP contribution in [0.15, 0.2) is 15.9 Å². The molecule has 1 aliphatic heterocycles. The van der Waals surface area contributed by atoms with Gasteiger partial charge in [0, 0.05) is 35.4 Å². The van der Waals surface area contributed by atoms with Crippen LogP contribution < -0.4 is 5.32 Å². The van der Waals surface area contributed by atoms with Crippen molar-refractivity contribution >= 4 is 27.3 Å². The normalized spacial score (nSPS) is 32.7. The van der Waals surface area contributed by atoms with Crippen molar-refractivity contribution in [2.75, 3.05) is 13.2 Å². The van der Waals surface area contributed by atoms with Gasteiger partial charge >= 0.3 is 0 Å². The molecule has 106 valence electrons. The minimum Gasteiger partial charge on any atom is -0.377 e. The first-order chi connectivity index (χ1) is 9.09. The lowest BCUT2D eigenvalue weighted by Gasteiger charge is -2.60. The molecule has 0 bridgehead atoms. The second-order valence-corrected chi connectivity index (χ2v) is 8.85. The van der Waals surface area contributed by atoms with E-state index in [4.69, 9.17) is 4.74 Å². The van der Waals surface area contributed by atoms with E-state index in [9.17, 15) is 0 Å². The lowest BCUT2D eigenvalue weighted by Crippen LogP contribution is -2.69. The molecule has 0 radical (unpaired) electrons. The predicted molar refractivity (Wildman–Crippen MR) is 83.8 cm³/mol. The minimum absolute atomic E-state index is 0.293. The number of halogens is 1. The van der Waals surface area contributed by atoms with E-state index < -0.39 is 0 Å². The van der Waals surface area contributed by atoms with Crippen molar-refractivity contribution < 1.29 is 4.74 Å². The van der Waals surface area contributed by atoms with Crippen LogP contribution in [0.25, 0.3) is 0 Å². The van der Waals surface area contributed by atoms with E-state index in [2.05, 4.69) is 47.2 Å². The van der Waals surface area contributed by atoms with Crippen LogP contribution in [0.5, 0.6) is 0 Å². The van der Waals surface area contributed by atoms with Crippen molar-refractivity contribution in [1.29, 1.82) is 0 Å². The second kappa shape index (κ2) is 5.47. The number of thiophene rings is 1. The Morgan fingerprint density at radius 3 is 3.05 bits per heavy atom. The average molecular weight is 344 g/mol. The van der Waals surface area contributed by atoms with Crippen LogP contribution in [-0.4, -0.2) is 25.3 Å². The monoisotopic (exact) mass is 343 g/mol. The highest BCUT2D eigenvalue weighted by molar-refractivity contribution is 9.11. The Morgan fingerprint density at radius 1 is 1.47 bits per heavy atom. The van der Waals surface area contributed by atoms with E-state index in [-0.39, 0.29) is 0 Å². The molecule has 1 aromatic rings. The smallest absolute Gasteiger partial charge is 0.0701 e. The van der Waals surface area contributed by atoms with Crippen molar-refractivity contribution in [3.05, 3.63) is 20.8 Å². The maximum Gasteiger partial charge on any atom is 0.0701 e. The molecule has 1 N–H and O–H groups in total. The molecule has 3 unspecified atom stereocenters. The number of fused-ring (bicyclic) bond motifs is 1. The summed E-state index contributed by atoms with van der Waals surface area (Å²) in [5.74, 6) is 0.735. The molecule has 3 rings (SSSR count). The fourth-order valence-corrected chi connectivity index (χ4v) is 5.26. The van der Waals surface area contributed by atoms with Gasteiger partial charge < -0.3 is 10.1 Å². The van der Waals surface area contributed by atoms with E-state index in [1.54, 1.807) is 0 Å². The highest BCUT2D eigenvalue weighted by Crippen LogP contribution is 2.51. The Morgan fingerprint density at radius 2 is 2.32 bits per heavy atom. The maximum atomic E-state index is 5.95. The Kier molecular flexibility index (Phi) is 4.05. The van der Waals surface area contributed by atoms with Crippen LogP contribution in [0.4, 0.5) is 0 Å². The van der Waals surface area contributed by atoms with Gasteiger partial charge in [0.2, 0.25) is 0 Å². The quantitative estimate of drug-likeness (QED) is 0.896. The molecule has 2 nitrogen and oxygen atoms in total. The minimum atomic E-state index is 0.293. The van der Waals surface area contributed by atoms with Gasteiger partial charge in [-0.05, 0) is 47.3 Å². The summed E-state index contributed by atoms with van der Waals surface area (Å²) in [6.45, 7) is 6.72. The van der Waals surface area contributed by atoms with Crippen LogP contribution in [0.1, 0.15) is 31.6 Å². The summed E-state index contributed by atoms with van der Waals surface area (Å²) < 4.78 is 7.18. The third-order valence-corrected chi connectivity index (χ3v) is 6.38. The molecule has 0 amide bonds. The zero-order valence-corrected chi connectivity index (χ0v) is 14.0. The maximum absolute atomic E-state index is 5.95. The van der Waals surface area contributed by atoms with Gasteiger partial charge in [-0.15, -0.1) is 11.3 Å². The zero-order valence-electron chi connectivity index (χ0n) is 11.6. The van der Waals surface area contributed by atoms with Gasteiger partial charge in [-0.25, -0.2) is 0 Å². The van der Waals surface area contributed by atoms with Crippen molar-refractivity contribution in [2.24, 2.45) is 11.3 Å². The molecule has 1 aliphatic carbocycles. The second-order valence-electron chi connectivity index (χ2n) is 6.31. The van der Waals surface area contributed by atoms with E-state index in [0.717, 1.165) is 25.5 Å². The Balaban J connectivity index is 1.52. The summed E-state index contributed by atoms with van der Waals surface area (Å²) in [4.78, 5) is 1.45. The van der Waals surface area contributed by atoms with Crippen LogP contribution in [0.2, 0.25) is 0 Å². The standard InChI is InChI=1S/C15H22BrNOS/c1-15(2)13(11-4-3-9-18-14(11)15)17-8-7-10-5-6-12(16)19-10/h5-6,11,13-14,17H,3-4,7-9H2,1-2H3. The Bertz CT molecular complexity index is 445. The van der Waals surface area contributed by atoms with Gasteiger partial charge in [-0.2, -0.15) is 0 Å². The molecule has 1 aromatic heterocycles. The van der Waals surface area contributed by atoms with E-state index in [0.29, 0.717) is 17.6 Å². The number of hydrogen-bond acceptors (Lipinski definition) is 3. The first kappa shape index (κ1) is 14.1. The number of nitrogens with one attached hydrogen (secondary N) is 1. The fourth-order valence-electron chi connectivity index (χ4n) is 3.77. The summed E-state index contributed by atoms with van der Waals surface area (Å²) in [5.41, 5.74) is 0.293. The van der Waals surface area contributed by atoms with E-state index in [1.807, 2.05) is 11.3 Å². The Labute approximate surface area is 128 Å². The molecule has 0 spiro atoms. The van der Waals surface area contributed by atoms with Gasteiger partial charge in [0.05, 0.1) is 9.89 Å². The molecule has 0 aromatic carbocycles. The SMILES string of the molecule is CC1(C)C(NCCc2ccc(Br)s2)C2CCCOC21. The molecular weight excluding hydrogens is 322 g/mol. The fraction of sp³-hybridized carbons (Fsp3) is 0.733. The van der Waals surface area contributed by atoms with Crippen LogP contribution in [-0.2, 0) is 11.2 Å². The summed E-state index contributed by atoms with van der Waals surface area (Å²) >= 11 is 5.36. The molecule has 2 fully saturated rings. The van der Waals surface area contributed by atoms with Crippen molar-refractivity contribution in [3.8, 4) is 0 Å². The number of rotatable bonds is 4. The highest BCUT2D eigenvalue weighted by Gasteiger charge is 2.57. The molecule has 1 saturated heterocycles. The predicted octanol–water partition coefficient (Wildman–Crippen LogP) is 3.85. The first-order valence-electron chi connectivity index (χ1n) is 7.18. The van der Waals surface area contributed by atoms with Gasteiger partial charge in [0.1, 0.15) is 0 Å². The van der Waals surface area contributed by atoms with Crippen LogP contribution in [0, 0.1) is 11.3 Å². The van der Waals surface area contributed by atoms with Gasteiger partial charge in [-0.1, -0.05) is 13.8 Å². The van der Waals surface area contributed by atoms with Crippen molar-refractivity contribution in [2.45, 2.75) is 45.3 Å². The van der Waals surface area contributed by atoms with E-state index in [1.165, 1.54) is 21.5 Å². The topological polar surface area (TPSA) is 21.3 Å². The lowest BCUT2D eigenvalue weighted by molar-refractivity contribution is -0.192. The largest absolute Gasteiger partial charge is 0.377 e. The molecule has 3 atom stereocenters. The average Bonchev–Trinajstić information content (AvgIpc) is 2.80. The van der Waals surface area contributed by atoms with Gasteiger partial charge in [0.25, 0.3) is 0 Å². The highest BCUT2D eigenvalue weighted by atomic mass is 79.9. The molecule has 2 aliphatic rings. The Hall–Kier alpha value is 0.1000. The number of hydrogen-bond donors (Lipinski definition) is 1. The molecule has 2 heterocycles. The lowest BCUT2D eigenvalue weighted by atomic mass is 9.55. The van der Waals surface area contributed by atoms with Crippen LogP contribution in [0.3, 0.4) is 0 Å². The van der Waals surface area contributed by atoms with E-state index >= 15 is 0 Å². The third kappa shape index (κ3) is 2.65. The summed E-state index contributed by atoms with van der Waals surface area (Å²) in [7, 11) is 0. The summed E-state index contributed by atoms with van der Waals surface area (Å²) in [6.07, 6.45) is 4.17. The number of ether oxygens (including phenoxy) is 1. The van der Waals surface area contributed by atoms with Crippen molar-refractivity contribution in [1.82, 2.24) is 5.32 Å². The zero-order chi connectivity index (χ0) is 13.5. The van der Waals surface area contributed by atoms with Crippen LogP contribution >= 0.6 is 27.3 Å². The molecular formula is C15H22BrNOS. The first-order valence-corrected chi connectivity index (χ1v) is 8.79. The van der Waals surface area contributed by atoms with Gasteiger partial charge in [-0.3, -0.25) is 0 Å². The van der Waals surface area contributed by atoms with Gasteiger partial charge in [0.15, 0.2) is 0 Å². The summed E-state index contributed by atoms with van der Waals surface area (Å²) in [6, 6.07) is 4.98. The van der Waals surface area contributed by atoms with Crippen molar-refractivity contribution in [3.63, 3.8) is 0 Å². The summed E-state index contributed by atoms with van der Waals surface area (Å²) in [5, 5.41) is 3.78. The molecule has 19 heavy (non-hydrogen) atoms. The molecule has 1 saturated carbocycles.